The minimum absolute atomic E-state index is 0.00483. The van der Waals surface area contributed by atoms with Crippen molar-refractivity contribution in [2.75, 3.05) is 0 Å². The maximum atomic E-state index is 11.9. The molecule has 0 spiro atoms. The molecule has 0 aliphatic rings. The molecule has 0 aliphatic heterocycles. The van der Waals surface area contributed by atoms with Gasteiger partial charge in [-0.05, 0) is 37.3 Å². The molecule has 0 aromatic heterocycles. The fourth-order valence-corrected chi connectivity index (χ4v) is 1.94. The maximum Gasteiger partial charge on any atom is 0.272 e. The van der Waals surface area contributed by atoms with Gasteiger partial charge < -0.3 is 10.2 Å². The van der Waals surface area contributed by atoms with Gasteiger partial charge in [-0.3, -0.25) is 4.79 Å². The summed E-state index contributed by atoms with van der Waals surface area (Å²) in [5.74, 6) is -0.504. The second-order valence-electron chi connectivity index (χ2n) is 4.32. The summed E-state index contributed by atoms with van der Waals surface area (Å²) in [5.41, 5.74) is 3.34. The first-order valence-corrected chi connectivity index (χ1v) is 6.48. The van der Waals surface area contributed by atoms with Crippen molar-refractivity contribution in [3.63, 3.8) is 0 Å². The Kier molecular flexibility index (Phi) is 4.45. The van der Waals surface area contributed by atoms with Gasteiger partial charge in [0, 0.05) is 5.56 Å². The van der Waals surface area contributed by atoms with Crippen molar-refractivity contribution in [1.82, 2.24) is 5.43 Å². The van der Waals surface area contributed by atoms with E-state index in [1.165, 1.54) is 18.2 Å². The van der Waals surface area contributed by atoms with E-state index >= 15 is 0 Å². The number of phenolic OH excluding ortho intramolecular Hbond substituents is 2. The van der Waals surface area contributed by atoms with Crippen LogP contribution in [0.2, 0.25) is 5.02 Å². The molecule has 0 heterocycles. The number of halogens is 1. The van der Waals surface area contributed by atoms with Gasteiger partial charge in [0.1, 0.15) is 11.5 Å². The number of hydrogen-bond acceptors (Lipinski definition) is 4. The van der Waals surface area contributed by atoms with Crippen molar-refractivity contribution in [3.05, 3.63) is 58.6 Å². The van der Waals surface area contributed by atoms with Crippen molar-refractivity contribution in [2.24, 2.45) is 5.10 Å². The van der Waals surface area contributed by atoms with Crippen molar-refractivity contribution >= 4 is 23.2 Å². The Bertz CT molecular complexity index is 714. The van der Waals surface area contributed by atoms with Crippen LogP contribution in [0.5, 0.6) is 11.5 Å². The highest BCUT2D eigenvalue weighted by atomic mass is 35.5. The number of amides is 1. The summed E-state index contributed by atoms with van der Waals surface area (Å²) in [6, 6.07) is 10.7. The molecule has 0 atom stereocenters. The Morgan fingerprint density at radius 1 is 1.14 bits per heavy atom. The number of nitrogens with zero attached hydrogens (tertiary/aromatic N) is 1. The standard InChI is InChI=1S/C15H13ClN2O3/c1-9(12-8-10(19)6-7-14(12)20)17-18-15(21)11-4-2-3-5-13(11)16/h2-8,19-20H,1H3,(H,18,21)/b17-9-. The van der Waals surface area contributed by atoms with E-state index in [1.807, 2.05) is 0 Å². The minimum Gasteiger partial charge on any atom is -0.508 e. The van der Waals surface area contributed by atoms with E-state index in [4.69, 9.17) is 11.6 Å². The number of aromatic hydroxyl groups is 2. The molecule has 5 nitrogen and oxygen atoms in total. The lowest BCUT2D eigenvalue weighted by Crippen LogP contribution is -2.19. The highest BCUT2D eigenvalue weighted by Crippen LogP contribution is 2.22. The van der Waals surface area contributed by atoms with Crippen molar-refractivity contribution in [1.29, 1.82) is 0 Å². The van der Waals surface area contributed by atoms with Crippen molar-refractivity contribution < 1.29 is 15.0 Å². The quantitative estimate of drug-likeness (QED) is 0.463. The SMILES string of the molecule is C/C(=N/NC(=O)c1ccccc1Cl)c1cc(O)ccc1O. The molecule has 0 saturated heterocycles. The molecule has 0 bridgehead atoms. The third-order valence-corrected chi connectivity index (χ3v) is 3.14. The number of phenols is 2. The number of benzene rings is 2. The molecule has 0 fully saturated rings. The molecule has 3 N–H and O–H groups in total. The van der Waals surface area contributed by atoms with Crippen LogP contribution in [-0.2, 0) is 0 Å². The van der Waals surface area contributed by atoms with Crippen LogP contribution in [-0.4, -0.2) is 21.8 Å². The van der Waals surface area contributed by atoms with Crippen LogP contribution in [0.4, 0.5) is 0 Å². The zero-order chi connectivity index (χ0) is 15.4. The largest absolute Gasteiger partial charge is 0.508 e. The fraction of sp³-hybridized carbons (Fsp3) is 0.0667. The van der Waals surface area contributed by atoms with Crippen LogP contribution in [0, 0.1) is 0 Å². The second kappa shape index (κ2) is 6.28. The molecule has 0 radical (unpaired) electrons. The Labute approximate surface area is 126 Å². The second-order valence-corrected chi connectivity index (χ2v) is 4.73. The number of hydrogen-bond donors (Lipinski definition) is 3. The molecule has 21 heavy (non-hydrogen) atoms. The van der Waals surface area contributed by atoms with Crippen LogP contribution in [0.25, 0.3) is 0 Å². The summed E-state index contributed by atoms with van der Waals surface area (Å²) in [5, 5.41) is 23.3. The van der Waals surface area contributed by atoms with Gasteiger partial charge in [-0.25, -0.2) is 5.43 Å². The Hall–Kier alpha value is -2.53. The predicted octanol–water partition coefficient (Wildman–Crippen LogP) is 2.91. The van der Waals surface area contributed by atoms with Gasteiger partial charge in [-0.2, -0.15) is 5.10 Å². The molecule has 6 heteroatoms. The van der Waals surface area contributed by atoms with E-state index in [1.54, 1.807) is 31.2 Å². The number of carbonyl (C=O) groups excluding carboxylic acids is 1. The molecule has 0 unspecified atom stereocenters. The molecule has 2 aromatic rings. The summed E-state index contributed by atoms with van der Waals surface area (Å²) >= 11 is 5.92. The number of nitrogens with one attached hydrogen (secondary N) is 1. The Balaban J connectivity index is 2.19. The smallest absolute Gasteiger partial charge is 0.272 e. The summed E-state index contributed by atoms with van der Waals surface area (Å²) in [6.07, 6.45) is 0. The van der Waals surface area contributed by atoms with Gasteiger partial charge in [0.25, 0.3) is 5.91 Å². The number of rotatable bonds is 3. The summed E-state index contributed by atoms with van der Waals surface area (Å²) in [7, 11) is 0. The molecule has 2 rings (SSSR count). The Morgan fingerprint density at radius 3 is 2.57 bits per heavy atom. The highest BCUT2D eigenvalue weighted by Gasteiger charge is 2.10. The monoisotopic (exact) mass is 304 g/mol. The summed E-state index contributed by atoms with van der Waals surface area (Å²) in [6.45, 7) is 1.60. The third kappa shape index (κ3) is 3.52. The van der Waals surface area contributed by atoms with Gasteiger partial charge in [-0.15, -0.1) is 0 Å². The predicted molar refractivity (Wildman–Crippen MR) is 80.9 cm³/mol. The molecule has 0 aliphatic carbocycles. The van der Waals surface area contributed by atoms with Gasteiger partial charge in [0.05, 0.1) is 16.3 Å². The van der Waals surface area contributed by atoms with E-state index in [0.29, 0.717) is 21.9 Å². The van der Waals surface area contributed by atoms with Gasteiger partial charge in [0.15, 0.2) is 0 Å². The van der Waals surface area contributed by atoms with Gasteiger partial charge in [0.2, 0.25) is 0 Å². The summed E-state index contributed by atoms with van der Waals surface area (Å²) in [4.78, 5) is 11.9. The fourth-order valence-electron chi connectivity index (χ4n) is 1.71. The lowest BCUT2D eigenvalue weighted by atomic mass is 10.1. The molecule has 1 amide bonds. The lowest BCUT2D eigenvalue weighted by Gasteiger charge is -2.06. The first-order valence-electron chi connectivity index (χ1n) is 6.10. The average Bonchev–Trinajstić information content (AvgIpc) is 2.47. The van der Waals surface area contributed by atoms with E-state index in [2.05, 4.69) is 10.5 Å². The molecular weight excluding hydrogens is 292 g/mol. The van der Waals surface area contributed by atoms with E-state index in [9.17, 15) is 15.0 Å². The topological polar surface area (TPSA) is 81.9 Å². The van der Waals surface area contributed by atoms with E-state index in [-0.39, 0.29) is 11.5 Å². The average molecular weight is 305 g/mol. The normalized spacial score (nSPS) is 11.2. The number of hydrazone groups is 1. The van der Waals surface area contributed by atoms with Crippen LogP contribution in [0.1, 0.15) is 22.8 Å². The van der Waals surface area contributed by atoms with Gasteiger partial charge >= 0.3 is 0 Å². The first kappa shape index (κ1) is 14.9. The van der Waals surface area contributed by atoms with Crippen LogP contribution in [0.3, 0.4) is 0 Å². The molecule has 0 saturated carbocycles. The van der Waals surface area contributed by atoms with E-state index < -0.39 is 5.91 Å². The third-order valence-electron chi connectivity index (χ3n) is 2.81. The molecular formula is C15H13ClN2O3. The number of carbonyl (C=O) groups is 1. The van der Waals surface area contributed by atoms with Crippen LogP contribution in [0.15, 0.2) is 47.6 Å². The molecule has 2 aromatic carbocycles. The zero-order valence-corrected chi connectivity index (χ0v) is 11.9. The van der Waals surface area contributed by atoms with Crippen LogP contribution < -0.4 is 5.43 Å². The lowest BCUT2D eigenvalue weighted by molar-refractivity contribution is 0.0955. The highest BCUT2D eigenvalue weighted by molar-refractivity contribution is 6.33. The molecule has 108 valence electrons. The first-order chi connectivity index (χ1) is 9.99. The maximum absolute atomic E-state index is 11.9. The van der Waals surface area contributed by atoms with Crippen LogP contribution >= 0.6 is 11.6 Å². The van der Waals surface area contributed by atoms with Gasteiger partial charge in [-0.1, -0.05) is 23.7 Å². The van der Waals surface area contributed by atoms with E-state index in [0.717, 1.165) is 0 Å². The van der Waals surface area contributed by atoms with Crippen molar-refractivity contribution in [2.45, 2.75) is 6.92 Å². The summed E-state index contributed by atoms with van der Waals surface area (Å²) < 4.78 is 0. The minimum atomic E-state index is -0.459. The Morgan fingerprint density at radius 2 is 1.86 bits per heavy atom. The van der Waals surface area contributed by atoms with Crippen molar-refractivity contribution in [3.8, 4) is 11.5 Å². The zero-order valence-electron chi connectivity index (χ0n) is 11.2.